The highest BCUT2D eigenvalue weighted by molar-refractivity contribution is 5.87. The van der Waals surface area contributed by atoms with Crippen LogP contribution in [0.4, 0.5) is 0 Å². The van der Waals surface area contributed by atoms with Crippen LogP contribution >= 0.6 is 0 Å². The SMILES string of the molecule is COc1cc(-c2ccc(CO)cc2)nc2ccccc12. The summed E-state index contributed by atoms with van der Waals surface area (Å²) in [6.45, 7) is 0.0503. The van der Waals surface area contributed by atoms with E-state index in [0.29, 0.717) is 0 Å². The Kier molecular flexibility index (Phi) is 3.35. The maximum atomic E-state index is 9.09. The Balaban J connectivity index is 2.15. The number of hydrogen-bond donors (Lipinski definition) is 1. The van der Waals surface area contributed by atoms with Gasteiger partial charge in [-0.15, -0.1) is 0 Å². The van der Waals surface area contributed by atoms with Crippen LogP contribution in [0.3, 0.4) is 0 Å². The molecule has 0 aliphatic carbocycles. The molecular formula is C17H15NO2. The Bertz CT molecular complexity index is 736. The molecule has 3 rings (SSSR count). The van der Waals surface area contributed by atoms with Crippen LogP contribution in [0.25, 0.3) is 22.2 Å². The topological polar surface area (TPSA) is 42.4 Å². The van der Waals surface area contributed by atoms with E-state index in [0.717, 1.165) is 33.5 Å². The molecule has 20 heavy (non-hydrogen) atoms. The van der Waals surface area contributed by atoms with Crippen molar-refractivity contribution in [2.75, 3.05) is 7.11 Å². The number of aromatic nitrogens is 1. The van der Waals surface area contributed by atoms with Gasteiger partial charge in [0, 0.05) is 17.0 Å². The van der Waals surface area contributed by atoms with E-state index >= 15 is 0 Å². The summed E-state index contributed by atoms with van der Waals surface area (Å²) in [5.41, 5.74) is 3.67. The average molecular weight is 265 g/mol. The number of rotatable bonds is 3. The first-order valence-electron chi connectivity index (χ1n) is 6.46. The summed E-state index contributed by atoms with van der Waals surface area (Å²) in [7, 11) is 1.67. The molecule has 0 amide bonds. The van der Waals surface area contributed by atoms with Crippen molar-refractivity contribution in [1.82, 2.24) is 4.98 Å². The zero-order valence-corrected chi connectivity index (χ0v) is 11.2. The van der Waals surface area contributed by atoms with Crippen LogP contribution in [-0.2, 0) is 6.61 Å². The van der Waals surface area contributed by atoms with Crippen molar-refractivity contribution >= 4 is 10.9 Å². The minimum Gasteiger partial charge on any atom is -0.496 e. The Morgan fingerprint density at radius 3 is 2.50 bits per heavy atom. The molecule has 0 radical (unpaired) electrons. The van der Waals surface area contributed by atoms with Crippen LogP contribution in [0, 0.1) is 0 Å². The van der Waals surface area contributed by atoms with Crippen LogP contribution in [0.15, 0.2) is 54.6 Å². The third kappa shape index (κ3) is 2.24. The maximum absolute atomic E-state index is 9.09. The molecule has 0 aliphatic rings. The lowest BCUT2D eigenvalue weighted by atomic mass is 10.1. The first kappa shape index (κ1) is 12.6. The minimum atomic E-state index is 0.0503. The fourth-order valence-corrected chi connectivity index (χ4v) is 2.24. The molecule has 1 N–H and O–H groups in total. The molecule has 3 heteroatoms. The Morgan fingerprint density at radius 2 is 1.80 bits per heavy atom. The van der Waals surface area contributed by atoms with Crippen molar-refractivity contribution in [2.24, 2.45) is 0 Å². The number of aliphatic hydroxyl groups is 1. The largest absolute Gasteiger partial charge is 0.496 e. The van der Waals surface area contributed by atoms with Gasteiger partial charge in [0.25, 0.3) is 0 Å². The third-order valence-electron chi connectivity index (χ3n) is 3.33. The third-order valence-corrected chi connectivity index (χ3v) is 3.33. The van der Waals surface area contributed by atoms with Crippen molar-refractivity contribution in [1.29, 1.82) is 0 Å². The lowest BCUT2D eigenvalue weighted by molar-refractivity contribution is 0.282. The van der Waals surface area contributed by atoms with Gasteiger partial charge in [0.2, 0.25) is 0 Å². The van der Waals surface area contributed by atoms with E-state index < -0.39 is 0 Å². The highest BCUT2D eigenvalue weighted by Crippen LogP contribution is 2.29. The molecule has 0 unspecified atom stereocenters. The standard InChI is InChI=1S/C17H15NO2/c1-20-17-10-16(13-8-6-12(11-19)7-9-13)18-15-5-3-2-4-14(15)17/h2-10,19H,11H2,1H3. The summed E-state index contributed by atoms with van der Waals surface area (Å²) in [6.07, 6.45) is 0. The zero-order chi connectivity index (χ0) is 13.9. The number of para-hydroxylation sites is 1. The normalized spacial score (nSPS) is 10.7. The van der Waals surface area contributed by atoms with Gasteiger partial charge in [0.15, 0.2) is 0 Å². The molecule has 100 valence electrons. The van der Waals surface area contributed by atoms with E-state index in [1.807, 2.05) is 54.6 Å². The van der Waals surface area contributed by atoms with Crippen molar-refractivity contribution in [3.8, 4) is 17.0 Å². The van der Waals surface area contributed by atoms with Crippen LogP contribution < -0.4 is 4.74 Å². The second-order valence-electron chi connectivity index (χ2n) is 4.58. The Labute approximate surface area is 117 Å². The predicted molar refractivity (Wildman–Crippen MR) is 79.7 cm³/mol. The van der Waals surface area contributed by atoms with Gasteiger partial charge in [-0.3, -0.25) is 0 Å². The van der Waals surface area contributed by atoms with Gasteiger partial charge in [0.05, 0.1) is 24.9 Å². The maximum Gasteiger partial charge on any atom is 0.130 e. The molecule has 0 bridgehead atoms. The van der Waals surface area contributed by atoms with Gasteiger partial charge >= 0.3 is 0 Å². The quantitative estimate of drug-likeness (QED) is 0.789. The molecule has 3 aromatic rings. The lowest BCUT2D eigenvalue weighted by Crippen LogP contribution is -1.91. The van der Waals surface area contributed by atoms with Gasteiger partial charge in [-0.2, -0.15) is 0 Å². The second kappa shape index (κ2) is 5.31. The Hall–Kier alpha value is -2.39. The number of nitrogens with zero attached hydrogens (tertiary/aromatic N) is 1. The van der Waals surface area contributed by atoms with E-state index in [1.54, 1.807) is 7.11 Å². The molecule has 1 aromatic heterocycles. The highest BCUT2D eigenvalue weighted by Gasteiger charge is 2.07. The number of fused-ring (bicyclic) bond motifs is 1. The molecule has 3 nitrogen and oxygen atoms in total. The summed E-state index contributed by atoms with van der Waals surface area (Å²) in [4.78, 5) is 4.67. The first-order chi connectivity index (χ1) is 9.81. The molecular weight excluding hydrogens is 250 g/mol. The van der Waals surface area contributed by atoms with Crippen molar-refractivity contribution in [3.63, 3.8) is 0 Å². The van der Waals surface area contributed by atoms with Crippen molar-refractivity contribution in [2.45, 2.75) is 6.61 Å². The summed E-state index contributed by atoms with van der Waals surface area (Å²) in [5.74, 6) is 0.817. The minimum absolute atomic E-state index is 0.0503. The van der Waals surface area contributed by atoms with Gasteiger partial charge < -0.3 is 9.84 Å². The molecule has 0 saturated heterocycles. The second-order valence-corrected chi connectivity index (χ2v) is 4.58. The predicted octanol–water partition coefficient (Wildman–Crippen LogP) is 3.40. The summed E-state index contributed by atoms with van der Waals surface area (Å²) in [5, 5.41) is 10.1. The zero-order valence-electron chi connectivity index (χ0n) is 11.2. The summed E-state index contributed by atoms with van der Waals surface area (Å²) >= 11 is 0. The first-order valence-corrected chi connectivity index (χ1v) is 6.46. The number of methoxy groups -OCH3 is 1. The number of aliphatic hydroxyl groups excluding tert-OH is 1. The van der Waals surface area contributed by atoms with Crippen molar-refractivity contribution < 1.29 is 9.84 Å². The number of ether oxygens (including phenoxy) is 1. The molecule has 1 heterocycles. The highest BCUT2D eigenvalue weighted by atomic mass is 16.5. The van der Waals surface area contributed by atoms with E-state index in [1.165, 1.54) is 0 Å². The van der Waals surface area contributed by atoms with Crippen LogP contribution in [0.5, 0.6) is 5.75 Å². The van der Waals surface area contributed by atoms with Crippen LogP contribution in [-0.4, -0.2) is 17.2 Å². The summed E-state index contributed by atoms with van der Waals surface area (Å²) in [6, 6.07) is 17.6. The monoisotopic (exact) mass is 265 g/mol. The summed E-state index contributed by atoms with van der Waals surface area (Å²) < 4.78 is 5.45. The number of benzene rings is 2. The molecule has 0 aliphatic heterocycles. The van der Waals surface area contributed by atoms with Gasteiger partial charge in [-0.25, -0.2) is 4.98 Å². The fraction of sp³-hybridized carbons (Fsp3) is 0.118. The van der Waals surface area contributed by atoms with Crippen LogP contribution in [0.2, 0.25) is 0 Å². The smallest absolute Gasteiger partial charge is 0.130 e. The van der Waals surface area contributed by atoms with Gasteiger partial charge in [-0.1, -0.05) is 36.4 Å². The van der Waals surface area contributed by atoms with E-state index in [-0.39, 0.29) is 6.61 Å². The van der Waals surface area contributed by atoms with Crippen LogP contribution in [0.1, 0.15) is 5.56 Å². The molecule has 0 saturated carbocycles. The van der Waals surface area contributed by atoms with Gasteiger partial charge in [0.1, 0.15) is 5.75 Å². The molecule has 0 fully saturated rings. The van der Waals surface area contributed by atoms with E-state index in [2.05, 4.69) is 4.98 Å². The average Bonchev–Trinajstić information content (AvgIpc) is 2.54. The van der Waals surface area contributed by atoms with Crippen molar-refractivity contribution in [3.05, 3.63) is 60.2 Å². The Morgan fingerprint density at radius 1 is 1.05 bits per heavy atom. The van der Waals surface area contributed by atoms with E-state index in [4.69, 9.17) is 9.84 Å². The number of pyridine rings is 1. The number of hydrogen-bond acceptors (Lipinski definition) is 3. The van der Waals surface area contributed by atoms with Gasteiger partial charge in [-0.05, 0) is 17.7 Å². The van der Waals surface area contributed by atoms with E-state index in [9.17, 15) is 0 Å². The molecule has 0 atom stereocenters. The molecule has 2 aromatic carbocycles. The lowest BCUT2D eigenvalue weighted by Gasteiger charge is -2.09. The fourth-order valence-electron chi connectivity index (χ4n) is 2.24. The molecule has 0 spiro atoms.